The van der Waals surface area contributed by atoms with Gasteiger partial charge in [-0.05, 0) is 17.7 Å². The van der Waals surface area contributed by atoms with E-state index in [0.717, 1.165) is 11.1 Å². The fraction of sp³-hybridized carbons (Fsp3) is 0.176. The molecule has 1 aromatic carbocycles. The first-order valence-corrected chi connectivity index (χ1v) is 6.89. The van der Waals surface area contributed by atoms with Gasteiger partial charge in [0.1, 0.15) is 12.4 Å². The van der Waals surface area contributed by atoms with E-state index in [1.54, 1.807) is 18.3 Å². The van der Waals surface area contributed by atoms with Gasteiger partial charge in [0.25, 0.3) is 0 Å². The smallest absolute Gasteiger partial charge is 0.407 e. The van der Waals surface area contributed by atoms with Gasteiger partial charge in [-0.25, -0.2) is 9.78 Å². The lowest BCUT2D eigenvalue weighted by atomic mass is 10.2. The second-order valence-corrected chi connectivity index (χ2v) is 4.51. The summed E-state index contributed by atoms with van der Waals surface area (Å²) in [5.41, 5.74) is 7.23. The van der Waals surface area contributed by atoms with Crippen LogP contribution in [0.15, 0.2) is 48.7 Å². The number of nitrogens with two attached hydrogens (primary N) is 1. The number of amides is 1. The van der Waals surface area contributed by atoms with Crippen LogP contribution < -0.4 is 11.1 Å². The number of hydrogen-bond acceptors (Lipinski definition) is 4. The van der Waals surface area contributed by atoms with Gasteiger partial charge in [-0.3, -0.25) is 0 Å². The van der Waals surface area contributed by atoms with Crippen molar-refractivity contribution in [3.8, 4) is 11.8 Å². The number of carbonyl (C=O) groups excluding carboxylic acids is 1. The standard InChI is InChI=1S/C17H17N3O2/c18-16-10-9-14(12-20-16)6-4-5-11-19-17(21)22-13-15-7-2-1-3-8-15/h1-3,7-10,12H,5,11,13H2,(H2,18,20)(H,19,21). The maximum atomic E-state index is 11.5. The number of ether oxygens (including phenoxy) is 1. The number of nitrogens with one attached hydrogen (secondary N) is 1. The van der Waals surface area contributed by atoms with Crippen LogP contribution in [0.2, 0.25) is 0 Å². The van der Waals surface area contributed by atoms with Crippen LogP contribution in [-0.4, -0.2) is 17.6 Å². The van der Waals surface area contributed by atoms with E-state index in [0.29, 0.717) is 18.8 Å². The van der Waals surface area contributed by atoms with E-state index in [9.17, 15) is 4.79 Å². The maximum absolute atomic E-state index is 11.5. The Morgan fingerprint density at radius 3 is 2.77 bits per heavy atom. The van der Waals surface area contributed by atoms with Gasteiger partial charge in [0.05, 0.1) is 0 Å². The first-order valence-electron chi connectivity index (χ1n) is 6.89. The molecular weight excluding hydrogens is 278 g/mol. The van der Waals surface area contributed by atoms with E-state index >= 15 is 0 Å². The number of aromatic nitrogens is 1. The summed E-state index contributed by atoms with van der Waals surface area (Å²) in [6, 6.07) is 13.0. The molecule has 1 aromatic heterocycles. The summed E-state index contributed by atoms with van der Waals surface area (Å²) in [5, 5.41) is 2.65. The van der Waals surface area contributed by atoms with Crippen LogP contribution >= 0.6 is 0 Å². The third-order valence-corrected chi connectivity index (χ3v) is 2.75. The molecule has 0 spiro atoms. The molecule has 3 N–H and O–H groups in total. The summed E-state index contributed by atoms with van der Waals surface area (Å²) in [5.74, 6) is 6.36. The molecule has 5 heteroatoms. The number of anilines is 1. The van der Waals surface area contributed by atoms with Crippen molar-refractivity contribution in [2.24, 2.45) is 0 Å². The first-order chi connectivity index (χ1) is 10.7. The predicted molar refractivity (Wildman–Crippen MR) is 84.8 cm³/mol. The highest BCUT2D eigenvalue weighted by atomic mass is 16.5. The van der Waals surface area contributed by atoms with Crippen molar-refractivity contribution < 1.29 is 9.53 Å². The molecule has 1 amide bonds. The Morgan fingerprint density at radius 1 is 1.23 bits per heavy atom. The molecule has 0 aliphatic carbocycles. The molecular formula is C17H17N3O2. The van der Waals surface area contributed by atoms with Crippen LogP contribution in [0.4, 0.5) is 10.6 Å². The summed E-state index contributed by atoms with van der Waals surface area (Å²) >= 11 is 0. The fourth-order valence-corrected chi connectivity index (χ4v) is 1.65. The summed E-state index contributed by atoms with van der Waals surface area (Å²) in [4.78, 5) is 15.4. The van der Waals surface area contributed by atoms with E-state index < -0.39 is 6.09 Å². The minimum atomic E-state index is -0.445. The predicted octanol–water partition coefficient (Wildman–Crippen LogP) is 2.33. The van der Waals surface area contributed by atoms with Crippen molar-refractivity contribution in [1.82, 2.24) is 10.3 Å². The maximum Gasteiger partial charge on any atom is 0.407 e. The molecule has 0 radical (unpaired) electrons. The zero-order chi connectivity index (χ0) is 15.6. The highest BCUT2D eigenvalue weighted by Crippen LogP contribution is 2.00. The Balaban J connectivity index is 1.64. The molecule has 2 rings (SSSR count). The van der Waals surface area contributed by atoms with Gasteiger partial charge >= 0.3 is 6.09 Å². The zero-order valence-electron chi connectivity index (χ0n) is 12.1. The molecule has 22 heavy (non-hydrogen) atoms. The summed E-state index contributed by atoms with van der Waals surface area (Å²) in [7, 11) is 0. The number of benzene rings is 1. The van der Waals surface area contributed by atoms with Crippen LogP contribution in [0.1, 0.15) is 17.5 Å². The van der Waals surface area contributed by atoms with Crippen molar-refractivity contribution in [3.05, 3.63) is 59.8 Å². The van der Waals surface area contributed by atoms with Gasteiger partial charge in [-0.1, -0.05) is 42.2 Å². The largest absolute Gasteiger partial charge is 0.445 e. The monoisotopic (exact) mass is 295 g/mol. The molecule has 0 unspecified atom stereocenters. The summed E-state index contributed by atoms with van der Waals surface area (Å²) in [6.07, 6.45) is 1.70. The molecule has 0 aliphatic rings. The van der Waals surface area contributed by atoms with Gasteiger partial charge in [0.2, 0.25) is 0 Å². The highest BCUT2D eigenvalue weighted by molar-refractivity contribution is 5.67. The van der Waals surface area contributed by atoms with Crippen molar-refractivity contribution in [3.63, 3.8) is 0 Å². The number of carbonyl (C=O) groups is 1. The normalized spacial score (nSPS) is 9.45. The van der Waals surface area contributed by atoms with E-state index in [1.165, 1.54) is 0 Å². The average molecular weight is 295 g/mol. The van der Waals surface area contributed by atoms with Crippen molar-refractivity contribution in [1.29, 1.82) is 0 Å². The lowest BCUT2D eigenvalue weighted by Crippen LogP contribution is -2.24. The lowest BCUT2D eigenvalue weighted by Gasteiger charge is -2.05. The van der Waals surface area contributed by atoms with Crippen LogP contribution in [0.3, 0.4) is 0 Å². The number of alkyl carbamates (subject to hydrolysis) is 1. The van der Waals surface area contributed by atoms with E-state index in [2.05, 4.69) is 22.1 Å². The minimum Gasteiger partial charge on any atom is -0.445 e. The van der Waals surface area contributed by atoms with Crippen LogP contribution in [0.5, 0.6) is 0 Å². The molecule has 0 fully saturated rings. The Kier molecular flexibility index (Phi) is 5.82. The topological polar surface area (TPSA) is 77.2 Å². The molecule has 2 aromatic rings. The fourth-order valence-electron chi connectivity index (χ4n) is 1.65. The highest BCUT2D eigenvalue weighted by Gasteiger charge is 2.00. The van der Waals surface area contributed by atoms with Gasteiger partial charge < -0.3 is 15.8 Å². The molecule has 0 aliphatic heterocycles. The van der Waals surface area contributed by atoms with Crippen molar-refractivity contribution in [2.45, 2.75) is 13.0 Å². The number of rotatable bonds is 4. The number of pyridine rings is 1. The van der Waals surface area contributed by atoms with Crippen molar-refractivity contribution in [2.75, 3.05) is 12.3 Å². The van der Waals surface area contributed by atoms with E-state index in [-0.39, 0.29) is 6.61 Å². The quantitative estimate of drug-likeness (QED) is 0.670. The van der Waals surface area contributed by atoms with Crippen LogP contribution in [0, 0.1) is 11.8 Å². The van der Waals surface area contributed by atoms with Gasteiger partial charge in [-0.2, -0.15) is 0 Å². The third-order valence-electron chi connectivity index (χ3n) is 2.75. The Hall–Kier alpha value is -3.00. The molecule has 0 bridgehead atoms. The second kappa shape index (κ2) is 8.32. The Morgan fingerprint density at radius 2 is 2.05 bits per heavy atom. The Bertz CT molecular complexity index is 658. The molecule has 0 atom stereocenters. The minimum absolute atomic E-state index is 0.259. The molecule has 0 saturated carbocycles. The zero-order valence-corrected chi connectivity index (χ0v) is 12.1. The summed E-state index contributed by atoms with van der Waals surface area (Å²) in [6.45, 7) is 0.693. The SMILES string of the molecule is Nc1ccc(C#CCCNC(=O)OCc2ccccc2)cn1. The molecule has 112 valence electrons. The lowest BCUT2D eigenvalue weighted by molar-refractivity contribution is 0.140. The molecule has 0 saturated heterocycles. The first kappa shape index (κ1) is 15.4. The summed E-state index contributed by atoms with van der Waals surface area (Å²) < 4.78 is 5.08. The third kappa shape index (κ3) is 5.55. The number of nitrogen functional groups attached to an aromatic ring is 1. The average Bonchev–Trinajstić information content (AvgIpc) is 2.55. The second-order valence-electron chi connectivity index (χ2n) is 4.51. The molecule has 1 heterocycles. The van der Waals surface area contributed by atoms with Crippen LogP contribution in [0.25, 0.3) is 0 Å². The van der Waals surface area contributed by atoms with Gasteiger partial charge in [0, 0.05) is 24.7 Å². The van der Waals surface area contributed by atoms with Gasteiger partial charge in [0.15, 0.2) is 0 Å². The Labute approximate surface area is 129 Å². The molecule has 5 nitrogen and oxygen atoms in total. The van der Waals surface area contributed by atoms with Crippen molar-refractivity contribution >= 4 is 11.9 Å². The van der Waals surface area contributed by atoms with Gasteiger partial charge in [-0.15, -0.1) is 0 Å². The number of hydrogen-bond donors (Lipinski definition) is 2. The van der Waals surface area contributed by atoms with Crippen LogP contribution in [-0.2, 0) is 11.3 Å². The van der Waals surface area contributed by atoms with E-state index in [4.69, 9.17) is 10.5 Å². The number of nitrogens with zero attached hydrogens (tertiary/aromatic N) is 1. The van der Waals surface area contributed by atoms with E-state index in [1.807, 2.05) is 30.3 Å².